The van der Waals surface area contributed by atoms with Crippen molar-refractivity contribution in [2.75, 3.05) is 0 Å². The van der Waals surface area contributed by atoms with Crippen molar-refractivity contribution in [3.05, 3.63) is 65.3 Å². The molecule has 0 unspecified atom stereocenters. The van der Waals surface area contributed by atoms with Crippen LogP contribution in [0.2, 0.25) is 0 Å². The largest absolute Gasteiger partial charge is 0.462 e. The quantitative estimate of drug-likeness (QED) is 0.140. The van der Waals surface area contributed by atoms with E-state index in [-0.39, 0.29) is 12.8 Å². The summed E-state index contributed by atoms with van der Waals surface area (Å²) in [6, 6.07) is 9.28. The van der Waals surface area contributed by atoms with Gasteiger partial charge in [0.1, 0.15) is 24.4 Å². The monoisotopic (exact) mass is 664 g/mol. The maximum absolute atomic E-state index is 13.7. The van der Waals surface area contributed by atoms with E-state index in [2.05, 4.69) is 6.58 Å². The molecule has 48 heavy (non-hydrogen) atoms. The average molecular weight is 665 g/mol. The van der Waals surface area contributed by atoms with Crippen molar-refractivity contribution in [2.45, 2.75) is 112 Å². The lowest BCUT2D eigenvalue weighted by Crippen LogP contribution is -2.65. The molecule has 1 aromatic carbocycles. The molecule has 4 rings (SSSR count). The van der Waals surface area contributed by atoms with E-state index in [9.17, 15) is 24.0 Å². The summed E-state index contributed by atoms with van der Waals surface area (Å²) in [6.07, 6.45) is -0.468. The first kappa shape index (κ1) is 36.6. The van der Waals surface area contributed by atoms with Crippen LogP contribution >= 0.6 is 0 Å². The molecule has 0 heterocycles. The standard InChI is InChI=1S/C38H48O10/c1-10-29(42)47-28-20-21(2)31-35(46-25(6)41)36(48-30(43)17-16-26-14-12-11-13-15-26)38(9)19-18-27(44-23(4)39)22(3)32(38)34(45-24(5)40)33(28)37(31,7)8/h11-17,27-28,32-36H,3,10,18-20H2,1-2,4-9H3/b17-16+/t27-,28-,32-,33-,34-,35+,36-,38+/m0/s1. The zero-order valence-corrected chi connectivity index (χ0v) is 29.2. The van der Waals surface area contributed by atoms with Crippen molar-refractivity contribution in [3.63, 3.8) is 0 Å². The van der Waals surface area contributed by atoms with Crippen LogP contribution in [0.3, 0.4) is 0 Å². The fourth-order valence-electron chi connectivity index (χ4n) is 8.41. The van der Waals surface area contributed by atoms with Crippen LogP contribution in [0.15, 0.2) is 59.7 Å². The van der Waals surface area contributed by atoms with Crippen molar-refractivity contribution in [3.8, 4) is 0 Å². The number of esters is 5. The van der Waals surface area contributed by atoms with Gasteiger partial charge in [0, 0.05) is 56.9 Å². The van der Waals surface area contributed by atoms with Crippen LogP contribution in [-0.2, 0) is 47.7 Å². The highest BCUT2D eigenvalue weighted by Crippen LogP contribution is 2.61. The molecule has 0 spiro atoms. The number of ether oxygens (including phenoxy) is 5. The maximum Gasteiger partial charge on any atom is 0.331 e. The van der Waals surface area contributed by atoms with Crippen LogP contribution in [0.4, 0.5) is 0 Å². The van der Waals surface area contributed by atoms with E-state index in [1.807, 2.05) is 58.0 Å². The summed E-state index contributed by atoms with van der Waals surface area (Å²) in [5, 5.41) is 0. The van der Waals surface area contributed by atoms with Crippen molar-refractivity contribution < 1.29 is 47.7 Å². The molecule has 0 radical (unpaired) electrons. The van der Waals surface area contributed by atoms with Crippen LogP contribution in [0.1, 0.15) is 86.6 Å². The lowest BCUT2D eigenvalue weighted by Gasteiger charge is -2.60. The predicted molar refractivity (Wildman–Crippen MR) is 177 cm³/mol. The van der Waals surface area contributed by atoms with Crippen molar-refractivity contribution in [1.82, 2.24) is 0 Å². The van der Waals surface area contributed by atoms with E-state index >= 15 is 0 Å². The molecular formula is C38H48O10. The Morgan fingerprint density at radius 2 is 1.52 bits per heavy atom. The summed E-state index contributed by atoms with van der Waals surface area (Å²) in [5.74, 6) is -4.12. The third-order valence-corrected chi connectivity index (χ3v) is 10.2. The Hall–Kier alpha value is -4.21. The highest BCUT2D eigenvalue weighted by atomic mass is 16.6. The molecule has 0 saturated heterocycles. The molecule has 0 aliphatic heterocycles. The molecule has 3 aliphatic carbocycles. The number of hydrogen-bond acceptors (Lipinski definition) is 10. The van der Waals surface area contributed by atoms with Crippen molar-refractivity contribution >= 4 is 35.9 Å². The van der Waals surface area contributed by atoms with Crippen LogP contribution in [-0.4, -0.2) is 60.4 Å². The molecule has 0 N–H and O–H groups in total. The predicted octanol–water partition coefficient (Wildman–Crippen LogP) is 6.08. The fourth-order valence-corrected chi connectivity index (χ4v) is 8.41. The molecule has 2 saturated carbocycles. The van der Waals surface area contributed by atoms with Crippen LogP contribution in [0.25, 0.3) is 6.08 Å². The van der Waals surface area contributed by atoms with Crippen LogP contribution < -0.4 is 0 Å². The van der Waals surface area contributed by atoms with Gasteiger partial charge in [0.15, 0.2) is 6.10 Å². The molecule has 2 fully saturated rings. The lowest BCUT2D eigenvalue weighted by atomic mass is 9.49. The van der Waals surface area contributed by atoms with Gasteiger partial charge in [-0.15, -0.1) is 0 Å². The average Bonchev–Trinajstić information content (AvgIpc) is 2.98. The molecule has 0 aromatic heterocycles. The van der Waals surface area contributed by atoms with Gasteiger partial charge in [0.05, 0.1) is 0 Å². The van der Waals surface area contributed by atoms with E-state index in [1.54, 1.807) is 13.0 Å². The number of fused-ring (bicyclic) bond motifs is 3. The third kappa shape index (κ3) is 7.42. The summed E-state index contributed by atoms with van der Waals surface area (Å²) in [7, 11) is 0. The summed E-state index contributed by atoms with van der Waals surface area (Å²) in [6.45, 7) is 17.7. The van der Waals surface area contributed by atoms with Gasteiger partial charge in [-0.1, -0.05) is 70.2 Å². The topological polar surface area (TPSA) is 132 Å². The number of carbonyl (C=O) groups is 5. The van der Waals surface area contributed by atoms with Gasteiger partial charge in [0.25, 0.3) is 0 Å². The van der Waals surface area contributed by atoms with Crippen molar-refractivity contribution in [1.29, 1.82) is 0 Å². The Kier molecular flexibility index (Phi) is 11.1. The van der Waals surface area contributed by atoms with E-state index < -0.39 is 83.0 Å². The zero-order chi connectivity index (χ0) is 35.6. The minimum Gasteiger partial charge on any atom is -0.462 e. The van der Waals surface area contributed by atoms with Crippen LogP contribution in [0, 0.1) is 22.7 Å². The number of benzene rings is 1. The smallest absolute Gasteiger partial charge is 0.331 e. The molecule has 8 atom stereocenters. The Bertz CT molecular complexity index is 1500. The molecule has 0 amide bonds. The first-order valence-corrected chi connectivity index (χ1v) is 16.5. The van der Waals surface area contributed by atoms with E-state index in [4.69, 9.17) is 23.7 Å². The highest BCUT2D eigenvalue weighted by Gasteiger charge is 2.65. The lowest BCUT2D eigenvalue weighted by molar-refractivity contribution is -0.210. The third-order valence-electron chi connectivity index (χ3n) is 10.2. The maximum atomic E-state index is 13.7. The van der Waals surface area contributed by atoms with Gasteiger partial charge in [-0.2, -0.15) is 0 Å². The zero-order valence-electron chi connectivity index (χ0n) is 29.2. The van der Waals surface area contributed by atoms with Gasteiger partial charge in [-0.3, -0.25) is 19.2 Å². The summed E-state index contributed by atoms with van der Waals surface area (Å²) < 4.78 is 30.6. The minimum atomic E-state index is -1.08. The van der Waals surface area contributed by atoms with Gasteiger partial charge < -0.3 is 23.7 Å². The highest BCUT2D eigenvalue weighted by molar-refractivity contribution is 5.87. The van der Waals surface area contributed by atoms with Gasteiger partial charge >= 0.3 is 29.8 Å². The fraction of sp³-hybridized carbons (Fsp3) is 0.553. The summed E-state index contributed by atoms with van der Waals surface area (Å²) in [4.78, 5) is 64.6. The number of carbonyl (C=O) groups excluding carboxylic acids is 5. The molecule has 3 aliphatic rings. The molecule has 1 aromatic rings. The summed E-state index contributed by atoms with van der Waals surface area (Å²) in [5.41, 5.74) is 0.788. The van der Waals surface area contributed by atoms with E-state index in [1.165, 1.54) is 26.8 Å². The normalized spacial score (nSPS) is 31.1. The molecule has 10 heteroatoms. The Morgan fingerprint density at radius 3 is 2.10 bits per heavy atom. The van der Waals surface area contributed by atoms with E-state index in [0.29, 0.717) is 24.0 Å². The summed E-state index contributed by atoms with van der Waals surface area (Å²) >= 11 is 0. The second-order valence-electron chi connectivity index (χ2n) is 13.9. The van der Waals surface area contributed by atoms with Gasteiger partial charge in [0.2, 0.25) is 0 Å². The van der Waals surface area contributed by atoms with Crippen molar-refractivity contribution in [2.24, 2.45) is 22.7 Å². The Balaban J connectivity index is 2.00. The first-order chi connectivity index (χ1) is 22.5. The molecular weight excluding hydrogens is 616 g/mol. The van der Waals surface area contributed by atoms with Gasteiger partial charge in [-0.25, -0.2) is 4.79 Å². The molecule has 260 valence electrons. The second kappa shape index (κ2) is 14.5. The second-order valence-corrected chi connectivity index (χ2v) is 13.9. The first-order valence-electron chi connectivity index (χ1n) is 16.5. The minimum absolute atomic E-state index is 0.143. The van der Waals surface area contributed by atoms with E-state index in [0.717, 1.165) is 11.1 Å². The Labute approximate surface area is 282 Å². The molecule has 10 nitrogen and oxygen atoms in total. The number of rotatable bonds is 8. The Morgan fingerprint density at radius 1 is 0.896 bits per heavy atom. The molecule has 2 bridgehead atoms. The number of hydrogen-bond donors (Lipinski definition) is 0. The SMILES string of the molecule is C=C1[C@@H](OC(C)=O)CC[C@@]2(C)[C@@H](OC(=O)/C=C/c3ccccc3)[C@H](OC(C)=O)C3=C(C)C[C@H](OC(=O)CC)[C@@H]([C@@H](OC(C)=O)[C@H]12)C3(C)C. The van der Waals surface area contributed by atoms with Crippen LogP contribution in [0.5, 0.6) is 0 Å². The van der Waals surface area contributed by atoms with Gasteiger partial charge in [-0.05, 0) is 48.0 Å².